The van der Waals surface area contributed by atoms with E-state index in [0.717, 1.165) is 11.3 Å². The van der Waals surface area contributed by atoms with Crippen molar-refractivity contribution in [3.8, 4) is 0 Å². The molecular formula is C9H11N. The Hall–Kier alpha value is -1.11. The molecule has 1 heterocycles. The standard InChI is InChI=1S/C9H11N/c1-7(2)9-5-4-8(3)6-10-9/h4-6H,1H2,2-3H3. The van der Waals surface area contributed by atoms with Crippen LogP contribution in [0.5, 0.6) is 0 Å². The molecule has 0 aliphatic rings. The van der Waals surface area contributed by atoms with E-state index in [9.17, 15) is 0 Å². The first kappa shape index (κ1) is 7.00. The zero-order valence-electron chi connectivity index (χ0n) is 6.39. The van der Waals surface area contributed by atoms with Crippen molar-refractivity contribution in [1.82, 2.24) is 4.98 Å². The van der Waals surface area contributed by atoms with Crippen molar-refractivity contribution < 1.29 is 0 Å². The minimum atomic E-state index is 0.977. The fourth-order valence-electron chi connectivity index (χ4n) is 0.720. The lowest BCUT2D eigenvalue weighted by Crippen LogP contribution is -1.83. The van der Waals surface area contributed by atoms with Crippen LogP contribution in [0.25, 0.3) is 5.57 Å². The van der Waals surface area contributed by atoms with Crippen LogP contribution < -0.4 is 0 Å². The summed E-state index contributed by atoms with van der Waals surface area (Å²) in [7, 11) is 0. The van der Waals surface area contributed by atoms with Gasteiger partial charge in [-0.2, -0.15) is 0 Å². The molecule has 10 heavy (non-hydrogen) atoms. The lowest BCUT2D eigenvalue weighted by Gasteiger charge is -1.96. The molecule has 0 radical (unpaired) electrons. The predicted octanol–water partition coefficient (Wildman–Crippen LogP) is 2.42. The Morgan fingerprint density at radius 2 is 2.20 bits per heavy atom. The average Bonchev–Trinajstić information content (AvgIpc) is 1.88. The SMILES string of the molecule is C=C(C)c1ccc(C)cn1. The Morgan fingerprint density at radius 1 is 1.50 bits per heavy atom. The number of allylic oxidation sites excluding steroid dienone is 1. The van der Waals surface area contributed by atoms with Gasteiger partial charge in [-0.1, -0.05) is 12.6 Å². The Labute approximate surface area is 61.4 Å². The van der Waals surface area contributed by atoms with E-state index in [1.54, 1.807) is 0 Å². The highest BCUT2D eigenvalue weighted by Crippen LogP contribution is 2.07. The van der Waals surface area contributed by atoms with Crippen LogP contribution >= 0.6 is 0 Å². The molecular weight excluding hydrogens is 122 g/mol. The van der Waals surface area contributed by atoms with Crippen molar-refractivity contribution >= 4 is 5.57 Å². The smallest absolute Gasteiger partial charge is 0.0653 e. The Kier molecular flexibility index (Phi) is 1.86. The molecule has 0 aliphatic heterocycles. The van der Waals surface area contributed by atoms with Gasteiger partial charge in [0.1, 0.15) is 0 Å². The largest absolute Gasteiger partial charge is 0.256 e. The highest BCUT2D eigenvalue weighted by molar-refractivity contribution is 5.57. The molecule has 1 aromatic heterocycles. The second-order valence-corrected chi connectivity index (χ2v) is 2.50. The quantitative estimate of drug-likeness (QED) is 0.573. The lowest BCUT2D eigenvalue weighted by molar-refractivity contribution is 1.23. The van der Waals surface area contributed by atoms with Crippen LogP contribution in [0.2, 0.25) is 0 Å². The van der Waals surface area contributed by atoms with E-state index >= 15 is 0 Å². The molecule has 0 unspecified atom stereocenters. The first-order valence-corrected chi connectivity index (χ1v) is 3.28. The van der Waals surface area contributed by atoms with Gasteiger partial charge in [-0.05, 0) is 31.1 Å². The summed E-state index contributed by atoms with van der Waals surface area (Å²) in [5, 5.41) is 0. The van der Waals surface area contributed by atoms with Gasteiger partial charge in [-0.3, -0.25) is 4.98 Å². The van der Waals surface area contributed by atoms with Crippen LogP contribution in [0, 0.1) is 6.92 Å². The van der Waals surface area contributed by atoms with Gasteiger partial charge < -0.3 is 0 Å². The van der Waals surface area contributed by atoms with E-state index in [1.807, 2.05) is 32.2 Å². The zero-order chi connectivity index (χ0) is 7.56. The Bertz CT molecular complexity index is 233. The molecule has 1 aromatic rings. The monoisotopic (exact) mass is 133 g/mol. The van der Waals surface area contributed by atoms with E-state index in [2.05, 4.69) is 11.6 Å². The van der Waals surface area contributed by atoms with Crippen LogP contribution in [0.3, 0.4) is 0 Å². The third-order valence-electron chi connectivity index (χ3n) is 1.35. The summed E-state index contributed by atoms with van der Waals surface area (Å²) in [4.78, 5) is 4.18. The minimum absolute atomic E-state index is 0.977. The number of aryl methyl sites for hydroxylation is 1. The Balaban J connectivity index is 3.00. The fraction of sp³-hybridized carbons (Fsp3) is 0.222. The second-order valence-electron chi connectivity index (χ2n) is 2.50. The van der Waals surface area contributed by atoms with Crippen molar-refractivity contribution in [2.24, 2.45) is 0 Å². The van der Waals surface area contributed by atoms with Gasteiger partial charge in [0.15, 0.2) is 0 Å². The van der Waals surface area contributed by atoms with Gasteiger partial charge in [0, 0.05) is 6.20 Å². The van der Waals surface area contributed by atoms with Crippen LogP contribution in [-0.4, -0.2) is 4.98 Å². The number of rotatable bonds is 1. The van der Waals surface area contributed by atoms with Gasteiger partial charge in [-0.15, -0.1) is 0 Å². The maximum absolute atomic E-state index is 4.18. The molecule has 0 fully saturated rings. The highest BCUT2D eigenvalue weighted by atomic mass is 14.7. The second kappa shape index (κ2) is 2.65. The number of hydrogen-bond acceptors (Lipinski definition) is 1. The first-order chi connectivity index (χ1) is 4.70. The summed E-state index contributed by atoms with van der Waals surface area (Å²) in [6.07, 6.45) is 1.85. The van der Waals surface area contributed by atoms with E-state index < -0.39 is 0 Å². The molecule has 0 saturated carbocycles. The molecule has 1 rings (SSSR count). The van der Waals surface area contributed by atoms with Crippen molar-refractivity contribution in [3.05, 3.63) is 36.2 Å². The summed E-state index contributed by atoms with van der Waals surface area (Å²) >= 11 is 0. The Morgan fingerprint density at radius 3 is 2.60 bits per heavy atom. The van der Waals surface area contributed by atoms with E-state index in [0.29, 0.717) is 0 Å². The van der Waals surface area contributed by atoms with E-state index in [-0.39, 0.29) is 0 Å². The minimum Gasteiger partial charge on any atom is -0.256 e. The predicted molar refractivity (Wildman–Crippen MR) is 43.7 cm³/mol. The molecule has 1 heteroatoms. The lowest BCUT2D eigenvalue weighted by atomic mass is 10.2. The summed E-state index contributed by atoms with van der Waals surface area (Å²) in [5.41, 5.74) is 3.18. The number of pyridine rings is 1. The summed E-state index contributed by atoms with van der Waals surface area (Å²) in [6, 6.07) is 4.02. The highest BCUT2D eigenvalue weighted by Gasteiger charge is 1.91. The molecule has 0 amide bonds. The fourth-order valence-corrected chi connectivity index (χ4v) is 0.720. The number of aromatic nitrogens is 1. The molecule has 1 nitrogen and oxygen atoms in total. The van der Waals surface area contributed by atoms with Crippen LogP contribution in [0.4, 0.5) is 0 Å². The maximum atomic E-state index is 4.18. The van der Waals surface area contributed by atoms with Crippen LogP contribution in [0.15, 0.2) is 24.9 Å². The van der Waals surface area contributed by atoms with E-state index in [1.165, 1.54) is 5.56 Å². The van der Waals surface area contributed by atoms with Crippen molar-refractivity contribution in [2.75, 3.05) is 0 Å². The molecule has 0 aromatic carbocycles. The van der Waals surface area contributed by atoms with Crippen molar-refractivity contribution in [3.63, 3.8) is 0 Å². The molecule has 0 saturated heterocycles. The van der Waals surface area contributed by atoms with Gasteiger partial charge in [0.25, 0.3) is 0 Å². The summed E-state index contributed by atoms with van der Waals surface area (Å²) in [6.45, 7) is 7.77. The van der Waals surface area contributed by atoms with Crippen molar-refractivity contribution in [1.29, 1.82) is 0 Å². The molecule has 52 valence electrons. The van der Waals surface area contributed by atoms with Gasteiger partial charge >= 0.3 is 0 Å². The third kappa shape index (κ3) is 1.44. The maximum Gasteiger partial charge on any atom is 0.0653 e. The molecule has 0 N–H and O–H groups in total. The third-order valence-corrected chi connectivity index (χ3v) is 1.35. The van der Waals surface area contributed by atoms with Gasteiger partial charge in [0.2, 0.25) is 0 Å². The van der Waals surface area contributed by atoms with Gasteiger partial charge in [0.05, 0.1) is 5.69 Å². The number of hydrogen-bond donors (Lipinski definition) is 0. The molecule has 0 bridgehead atoms. The van der Waals surface area contributed by atoms with Crippen LogP contribution in [-0.2, 0) is 0 Å². The first-order valence-electron chi connectivity index (χ1n) is 3.28. The topological polar surface area (TPSA) is 12.9 Å². The summed E-state index contributed by atoms with van der Waals surface area (Å²) < 4.78 is 0. The van der Waals surface area contributed by atoms with Crippen LogP contribution in [0.1, 0.15) is 18.2 Å². The number of nitrogens with zero attached hydrogens (tertiary/aromatic N) is 1. The normalized spacial score (nSPS) is 9.40. The average molecular weight is 133 g/mol. The van der Waals surface area contributed by atoms with Crippen molar-refractivity contribution in [2.45, 2.75) is 13.8 Å². The molecule has 0 atom stereocenters. The summed E-state index contributed by atoms with van der Waals surface area (Å²) in [5.74, 6) is 0. The molecule has 0 spiro atoms. The van der Waals surface area contributed by atoms with Gasteiger partial charge in [-0.25, -0.2) is 0 Å². The van der Waals surface area contributed by atoms with E-state index in [4.69, 9.17) is 0 Å². The zero-order valence-corrected chi connectivity index (χ0v) is 6.39. The molecule has 0 aliphatic carbocycles.